The average molecular weight is 314 g/mol. The van der Waals surface area contributed by atoms with E-state index >= 15 is 0 Å². The Kier molecular flexibility index (Phi) is 3.08. The van der Waals surface area contributed by atoms with Crippen molar-refractivity contribution >= 4 is 34.2 Å². The van der Waals surface area contributed by atoms with Crippen molar-refractivity contribution in [2.75, 3.05) is 0 Å². The molecule has 0 saturated heterocycles. The molecule has 2 rings (SSSR count). The third kappa shape index (κ3) is 2.10. The topological polar surface area (TPSA) is 0 Å². The zero-order valence-electron chi connectivity index (χ0n) is 7.30. The van der Waals surface area contributed by atoms with Crippen LogP contribution in [-0.4, -0.2) is 0 Å². The van der Waals surface area contributed by atoms with E-state index in [1.807, 2.05) is 30.3 Å². The molecule has 0 aromatic heterocycles. The summed E-state index contributed by atoms with van der Waals surface area (Å²) in [4.78, 5) is 0. The largest absolute Gasteiger partial charge is 0.0837 e. The van der Waals surface area contributed by atoms with E-state index in [0.29, 0.717) is 5.02 Å². The Morgan fingerprint density at radius 3 is 2.50 bits per heavy atom. The lowest BCUT2D eigenvalue weighted by molar-refractivity contribution is 1.58. The molecule has 0 aliphatic heterocycles. The van der Waals surface area contributed by atoms with Crippen molar-refractivity contribution < 1.29 is 0 Å². The first kappa shape index (κ1) is 9.99. The Balaban J connectivity index is 2.50. The Hall–Kier alpha value is -0.540. The number of benzene rings is 2. The maximum Gasteiger partial charge on any atom is 0.0485 e. The van der Waals surface area contributed by atoms with E-state index in [1.165, 1.54) is 9.13 Å². The third-order valence-electron chi connectivity index (χ3n) is 1.96. The smallest absolute Gasteiger partial charge is 0.0485 e. The fourth-order valence-electron chi connectivity index (χ4n) is 1.27. The Morgan fingerprint density at radius 1 is 1.07 bits per heavy atom. The molecular formula is C12H7ClI. The van der Waals surface area contributed by atoms with Gasteiger partial charge in [-0.05, 0) is 51.9 Å². The van der Waals surface area contributed by atoms with Gasteiger partial charge in [-0.2, -0.15) is 0 Å². The molecule has 1 radical (unpaired) electrons. The highest BCUT2D eigenvalue weighted by Gasteiger charge is 2.00. The first-order valence-electron chi connectivity index (χ1n) is 4.19. The molecule has 69 valence electrons. The van der Waals surface area contributed by atoms with Gasteiger partial charge in [0.2, 0.25) is 0 Å². The van der Waals surface area contributed by atoms with Gasteiger partial charge in [-0.15, -0.1) is 0 Å². The minimum atomic E-state index is 0.652. The van der Waals surface area contributed by atoms with Gasteiger partial charge in [0.05, 0.1) is 0 Å². The summed E-state index contributed by atoms with van der Waals surface area (Å²) in [5.41, 5.74) is 2.38. The monoisotopic (exact) mass is 313 g/mol. The van der Waals surface area contributed by atoms with Gasteiger partial charge in [-0.25, -0.2) is 0 Å². The van der Waals surface area contributed by atoms with E-state index in [1.54, 1.807) is 0 Å². The van der Waals surface area contributed by atoms with E-state index in [-0.39, 0.29) is 0 Å². The van der Waals surface area contributed by atoms with Gasteiger partial charge in [-0.3, -0.25) is 0 Å². The van der Waals surface area contributed by atoms with Crippen LogP contribution in [0.2, 0.25) is 5.02 Å². The summed E-state index contributed by atoms with van der Waals surface area (Å²) in [6.45, 7) is 0. The molecule has 0 bridgehead atoms. The molecule has 0 aliphatic carbocycles. The molecular weight excluding hydrogens is 306 g/mol. The van der Waals surface area contributed by atoms with Gasteiger partial charge in [-0.1, -0.05) is 35.9 Å². The molecule has 0 nitrogen and oxygen atoms in total. The molecule has 2 aromatic rings. The van der Waals surface area contributed by atoms with Crippen LogP contribution in [0.15, 0.2) is 42.5 Å². The van der Waals surface area contributed by atoms with Gasteiger partial charge in [0.25, 0.3) is 0 Å². The Morgan fingerprint density at radius 2 is 1.86 bits per heavy atom. The SMILES string of the molecule is Clc1[c]cc(-c2ccccc2I)cc1. The Bertz CT molecular complexity index is 434. The molecule has 0 aliphatic rings. The van der Waals surface area contributed by atoms with Gasteiger partial charge in [0.15, 0.2) is 0 Å². The minimum absolute atomic E-state index is 0.652. The highest BCUT2D eigenvalue weighted by molar-refractivity contribution is 14.1. The molecule has 0 N–H and O–H groups in total. The number of hydrogen-bond acceptors (Lipinski definition) is 0. The van der Waals surface area contributed by atoms with Gasteiger partial charge >= 0.3 is 0 Å². The van der Waals surface area contributed by atoms with E-state index in [4.69, 9.17) is 11.6 Å². The summed E-state index contributed by atoms with van der Waals surface area (Å²) in [5, 5.41) is 0.652. The van der Waals surface area contributed by atoms with E-state index in [0.717, 1.165) is 5.56 Å². The van der Waals surface area contributed by atoms with Gasteiger partial charge in [0.1, 0.15) is 0 Å². The van der Waals surface area contributed by atoms with Crippen molar-refractivity contribution in [3.63, 3.8) is 0 Å². The maximum atomic E-state index is 5.78. The average Bonchev–Trinajstić information content (AvgIpc) is 2.20. The summed E-state index contributed by atoms with van der Waals surface area (Å²) in [6.07, 6.45) is 0. The first-order chi connectivity index (χ1) is 6.77. The van der Waals surface area contributed by atoms with Gasteiger partial charge < -0.3 is 0 Å². The number of rotatable bonds is 1. The summed E-state index contributed by atoms with van der Waals surface area (Å²) in [5.74, 6) is 0. The lowest BCUT2D eigenvalue weighted by Gasteiger charge is -2.03. The molecule has 14 heavy (non-hydrogen) atoms. The van der Waals surface area contributed by atoms with Crippen LogP contribution in [0.25, 0.3) is 11.1 Å². The summed E-state index contributed by atoms with van der Waals surface area (Å²) in [6, 6.07) is 17.0. The molecule has 0 saturated carbocycles. The highest BCUT2D eigenvalue weighted by atomic mass is 127. The number of halogens is 2. The Labute approximate surface area is 102 Å². The zero-order valence-corrected chi connectivity index (χ0v) is 10.2. The minimum Gasteiger partial charge on any atom is -0.0837 e. The maximum absolute atomic E-state index is 5.78. The molecule has 0 heterocycles. The van der Waals surface area contributed by atoms with Crippen molar-refractivity contribution in [1.29, 1.82) is 0 Å². The van der Waals surface area contributed by atoms with Crippen molar-refractivity contribution in [3.05, 3.63) is 57.1 Å². The fraction of sp³-hybridized carbons (Fsp3) is 0. The fourth-order valence-corrected chi connectivity index (χ4v) is 2.09. The predicted octanol–water partition coefficient (Wildman–Crippen LogP) is 4.41. The zero-order chi connectivity index (χ0) is 9.97. The lowest BCUT2D eigenvalue weighted by atomic mass is 10.1. The molecule has 0 fully saturated rings. The highest BCUT2D eigenvalue weighted by Crippen LogP contribution is 2.25. The summed E-state index contributed by atoms with van der Waals surface area (Å²) in [7, 11) is 0. The van der Waals surface area contributed by atoms with Crippen molar-refractivity contribution in [3.8, 4) is 11.1 Å². The van der Waals surface area contributed by atoms with Crippen molar-refractivity contribution in [1.82, 2.24) is 0 Å². The quantitative estimate of drug-likeness (QED) is 0.684. The molecule has 2 heteroatoms. The normalized spacial score (nSPS) is 10.1. The second-order valence-corrected chi connectivity index (χ2v) is 4.47. The van der Waals surface area contributed by atoms with E-state index in [9.17, 15) is 0 Å². The first-order valence-corrected chi connectivity index (χ1v) is 5.65. The number of hydrogen-bond donors (Lipinski definition) is 0. The van der Waals surface area contributed by atoms with Crippen LogP contribution in [0.4, 0.5) is 0 Å². The summed E-state index contributed by atoms with van der Waals surface area (Å²) >= 11 is 8.11. The molecule has 0 unspecified atom stereocenters. The van der Waals surface area contributed by atoms with E-state index < -0.39 is 0 Å². The molecule has 0 amide bonds. The standard InChI is InChI=1S/C12H7ClI/c13-10-7-5-9(6-8-10)11-3-1-2-4-12(11)14/h1-7H. The van der Waals surface area contributed by atoms with Crippen LogP contribution in [-0.2, 0) is 0 Å². The van der Waals surface area contributed by atoms with E-state index in [2.05, 4.69) is 40.8 Å². The molecule has 0 atom stereocenters. The van der Waals surface area contributed by atoms with Crippen LogP contribution in [0.5, 0.6) is 0 Å². The lowest BCUT2D eigenvalue weighted by Crippen LogP contribution is -1.81. The van der Waals surface area contributed by atoms with Crippen molar-refractivity contribution in [2.45, 2.75) is 0 Å². The second kappa shape index (κ2) is 4.32. The van der Waals surface area contributed by atoms with Crippen LogP contribution < -0.4 is 0 Å². The van der Waals surface area contributed by atoms with Crippen LogP contribution in [0.3, 0.4) is 0 Å². The van der Waals surface area contributed by atoms with Crippen LogP contribution in [0.1, 0.15) is 0 Å². The summed E-state index contributed by atoms with van der Waals surface area (Å²) < 4.78 is 1.24. The van der Waals surface area contributed by atoms with Crippen LogP contribution in [0, 0.1) is 9.64 Å². The van der Waals surface area contributed by atoms with Gasteiger partial charge in [0, 0.05) is 14.7 Å². The van der Waals surface area contributed by atoms with Crippen molar-refractivity contribution in [2.24, 2.45) is 0 Å². The second-order valence-electron chi connectivity index (χ2n) is 2.91. The van der Waals surface area contributed by atoms with Crippen LogP contribution >= 0.6 is 34.2 Å². The molecule has 2 aromatic carbocycles. The molecule has 0 spiro atoms. The third-order valence-corrected chi connectivity index (χ3v) is 3.14. The predicted molar refractivity (Wildman–Crippen MR) is 68.4 cm³/mol.